The van der Waals surface area contributed by atoms with E-state index >= 15 is 0 Å². The fourth-order valence-corrected chi connectivity index (χ4v) is 3.21. The molecule has 0 aromatic heterocycles. The molecule has 0 radical (unpaired) electrons. The second-order valence-electron chi connectivity index (χ2n) is 7.15. The van der Waals surface area contributed by atoms with Crippen LogP contribution in [0.2, 0.25) is 0 Å². The summed E-state index contributed by atoms with van der Waals surface area (Å²) in [5.74, 6) is -1.91. The van der Waals surface area contributed by atoms with Crippen molar-refractivity contribution in [3.8, 4) is 5.75 Å². The lowest BCUT2D eigenvalue weighted by molar-refractivity contribution is -0.257. The van der Waals surface area contributed by atoms with Crippen LogP contribution in [0.15, 0.2) is 24.3 Å². The molecule has 10 nitrogen and oxygen atoms in total. The zero-order valence-electron chi connectivity index (χ0n) is 18.1. The first-order valence-electron chi connectivity index (χ1n) is 9.70. The van der Waals surface area contributed by atoms with E-state index in [-0.39, 0.29) is 6.61 Å². The normalized spacial score (nSPS) is 25.1. The monoisotopic (exact) mass is 437 g/mol. The number of amides is 1. The lowest BCUT2D eigenvalue weighted by atomic mass is 9.96. The first-order valence-corrected chi connectivity index (χ1v) is 9.70. The van der Waals surface area contributed by atoms with Gasteiger partial charge < -0.3 is 29.0 Å². The van der Waals surface area contributed by atoms with Crippen LogP contribution in [0.3, 0.4) is 0 Å². The highest BCUT2D eigenvalue weighted by molar-refractivity contribution is 5.73. The molecule has 1 aliphatic heterocycles. The van der Waals surface area contributed by atoms with Crippen LogP contribution in [0.4, 0.5) is 0 Å². The van der Waals surface area contributed by atoms with E-state index in [1.165, 1.54) is 27.7 Å². The van der Waals surface area contributed by atoms with E-state index in [1.807, 2.05) is 13.0 Å². The Morgan fingerprint density at radius 3 is 2.16 bits per heavy atom. The Kier molecular flexibility index (Phi) is 8.38. The van der Waals surface area contributed by atoms with Crippen molar-refractivity contribution in [3.63, 3.8) is 0 Å². The molecule has 0 saturated carbocycles. The van der Waals surface area contributed by atoms with Crippen LogP contribution >= 0.6 is 0 Å². The van der Waals surface area contributed by atoms with Gasteiger partial charge in [0.1, 0.15) is 24.5 Å². The Morgan fingerprint density at radius 2 is 1.61 bits per heavy atom. The predicted octanol–water partition coefficient (Wildman–Crippen LogP) is 1.03. The average Bonchev–Trinajstić information content (AvgIpc) is 2.64. The van der Waals surface area contributed by atoms with Crippen molar-refractivity contribution in [2.24, 2.45) is 0 Å². The predicted molar refractivity (Wildman–Crippen MR) is 106 cm³/mol. The summed E-state index contributed by atoms with van der Waals surface area (Å²) in [7, 11) is 0. The lowest BCUT2D eigenvalue weighted by Crippen LogP contribution is -2.67. The molecule has 1 aliphatic rings. The van der Waals surface area contributed by atoms with Crippen molar-refractivity contribution in [1.82, 2.24) is 5.32 Å². The molecule has 1 heterocycles. The van der Waals surface area contributed by atoms with Crippen molar-refractivity contribution in [2.45, 2.75) is 65.3 Å². The van der Waals surface area contributed by atoms with Gasteiger partial charge in [-0.2, -0.15) is 0 Å². The maximum Gasteiger partial charge on any atom is 0.303 e. The summed E-state index contributed by atoms with van der Waals surface area (Å²) < 4.78 is 27.7. The van der Waals surface area contributed by atoms with Crippen LogP contribution in [0.5, 0.6) is 5.75 Å². The summed E-state index contributed by atoms with van der Waals surface area (Å²) in [6, 6.07) is 6.10. The molecule has 1 aromatic rings. The Bertz CT molecular complexity index is 825. The van der Waals surface area contributed by atoms with Gasteiger partial charge in [-0.3, -0.25) is 19.2 Å². The lowest BCUT2D eigenvalue weighted by Gasteiger charge is -2.44. The average molecular weight is 437 g/mol. The van der Waals surface area contributed by atoms with Crippen LogP contribution in [0.25, 0.3) is 0 Å². The van der Waals surface area contributed by atoms with E-state index in [1.54, 1.807) is 18.2 Å². The van der Waals surface area contributed by atoms with Crippen molar-refractivity contribution in [1.29, 1.82) is 0 Å². The zero-order valence-corrected chi connectivity index (χ0v) is 18.1. The molecule has 0 bridgehead atoms. The van der Waals surface area contributed by atoms with Gasteiger partial charge in [0, 0.05) is 27.7 Å². The third-order valence-electron chi connectivity index (χ3n) is 4.31. The topological polar surface area (TPSA) is 126 Å². The minimum atomic E-state index is -1.16. The fraction of sp³-hybridized carbons (Fsp3) is 0.524. The molecule has 1 amide bonds. The van der Waals surface area contributed by atoms with Crippen molar-refractivity contribution >= 4 is 23.8 Å². The van der Waals surface area contributed by atoms with Gasteiger partial charge in [-0.1, -0.05) is 12.1 Å². The summed E-state index contributed by atoms with van der Waals surface area (Å²) in [5.41, 5.74) is 0.926. The number of ether oxygens (including phenoxy) is 5. The molecule has 2 rings (SSSR count). The molecule has 0 aliphatic carbocycles. The van der Waals surface area contributed by atoms with Crippen LogP contribution in [-0.2, 0) is 38.1 Å². The Balaban J connectivity index is 2.44. The molecule has 170 valence electrons. The molecule has 10 heteroatoms. The second-order valence-corrected chi connectivity index (χ2v) is 7.15. The van der Waals surface area contributed by atoms with Gasteiger partial charge in [0.2, 0.25) is 12.2 Å². The maximum absolute atomic E-state index is 11.9. The van der Waals surface area contributed by atoms with E-state index in [4.69, 9.17) is 23.7 Å². The summed E-state index contributed by atoms with van der Waals surface area (Å²) in [6.45, 7) is 6.45. The summed E-state index contributed by atoms with van der Waals surface area (Å²) in [5, 5.41) is 2.65. The van der Waals surface area contributed by atoms with Crippen LogP contribution in [-0.4, -0.2) is 61.1 Å². The Hall–Kier alpha value is -3.14. The maximum atomic E-state index is 11.9. The van der Waals surface area contributed by atoms with Gasteiger partial charge in [0.05, 0.1) is 0 Å². The standard InChI is InChI=1S/C21H27NO9/c1-11-7-6-8-16(9-11)30-21-18(22-12(2)23)20(29-15(5)26)19(28-14(4)25)17(31-21)10-27-13(3)24/h6-9,17-21H,10H2,1-5H3,(H,22,23)/t17-,18+,19+,20-,21+/m0/s1. The number of hydrogen-bond donors (Lipinski definition) is 1. The molecular weight excluding hydrogens is 410 g/mol. The summed E-state index contributed by atoms with van der Waals surface area (Å²) in [4.78, 5) is 46.8. The molecule has 0 unspecified atom stereocenters. The smallest absolute Gasteiger partial charge is 0.303 e. The number of esters is 3. The number of aryl methyl sites for hydroxylation is 1. The molecule has 0 spiro atoms. The number of hydrogen-bond acceptors (Lipinski definition) is 9. The molecule has 31 heavy (non-hydrogen) atoms. The highest BCUT2D eigenvalue weighted by atomic mass is 16.7. The van der Waals surface area contributed by atoms with E-state index in [2.05, 4.69) is 5.32 Å². The molecular formula is C21H27NO9. The van der Waals surface area contributed by atoms with Gasteiger partial charge in [-0.15, -0.1) is 0 Å². The van der Waals surface area contributed by atoms with Gasteiger partial charge in [-0.25, -0.2) is 0 Å². The van der Waals surface area contributed by atoms with Crippen molar-refractivity contribution in [3.05, 3.63) is 29.8 Å². The molecule has 1 fully saturated rings. The van der Waals surface area contributed by atoms with Crippen LogP contribution in [0.1, 0.15) is 33.3 Å². The van der Waals surface area contributed by atoms with Crippen LogP contribution in [0, 0.1) is 6.92 Å². The van der Waals surface area contributed by atoms with E-state index in [0.717, 1.165) is 5.56 Å². The number of carbonyl (C=O) groups is 4. The number of benzene rings is 1. The third kappa shape index (κ3) is 7.25. The second kappa shape index (κ2) is 10.8. The van der Waals surface area contributed by atoms with Crippen LogP contribution < -0.4 is 10.1 Å². The molecule has 5 atom stereocenters. The third-order valence-corrected chi connectivity index (χ3v) is 4.31. The minimum Gasteiger partial charge on any atom is -0.463 e. The van der Waals surface area contributed by atoms with E-state index in [9.17, 15) is 19.2 Å². The van der Waals surface area contributed by atoms with Crippen molar-refractivity contribution in [2.75, 3.05) is 6.61 Å². The van der Waals surface area contributed by atoms with Gasteiger partial charge in [0.15, 0.2) is 12.2 Å². The summed E-state index contributed by atoms with van der Waals surface area (Å²) in [6.07, 6.45) is -4.47. The molecule has 1 aromatic carbocycles. The van der Waals surface area contributed by atoms with Gasteiger partial charge >= 0.3 is 17.9 Å². The van der Waals surface area contributed by atoms with Gasteiger partial charge in [-0.05, 0) is 24.6 Å². The number of nitrogens with one attached hydrogen (secondary N) is 1. The quantitative estimate of drug-likeness (QED) is 0.491. The molecule has 1 N–H and O–H groups in total. The minimum absolute atomic E-state index is 0.286. The summed E-state index contributed by atoms with van der Waals surface area (Å²) >= 11 is 0. The first-order chi connectivity index (χ1) is 14.6. The largest absolute Gasteiger partial charge is 0.463 e. The highest BCUT2D eigenvalue weighted by Gasteiger charge is 2.51. The fourth-order valence-electron chi connectivity index (χ4n) is 3.21. The Morgan fingerprint density at radius 1 is 0.968 bits per heavy atom. The first kappa shape index (κ1) is 24.1. The van der Waals surface area contributed by atoms with Gasteiger partial charge in [0.25, 0.3) is 0 Å². The zero-order chi connectivity index (χ0) is 23.1. The molecule has 1 saturated heterocycles. The SMILES string of the molecule is CC(=O)N[C@H]1[C@H](Oc2cccc(C)c2)O[C@@H](COC(C)=O)[C@@H](OC(C)=O)[C@H]1OC(C)=O. The number of rotatable bonds is 7. The highest BCUT2D eigenvalue weighted by Crippen LogP contribution is 2.29. The number of carbonyl (C=O) groups excluding carboxylic acids is 4. The van der Waals surface area contributed by atoms with E-state index in [0.29, 0.717) is 5.75 Å². The van der Waals surface area contributed by atoms with E-state index < -0.39 is 54.5 Å². The Labute approximate surface area is 180 Å². The van der Waals surface area contributed by atoms with Crippen molar-refractivity contribution < 1.29 is 42.9 Å².